The summed E-state index contributed by atoms with van der Waals surface area (Å²) in [5.74, 6) is 0.0697. The van der Waals surface area contributed by atoms with Crippen molar-refractivity contribution in [3.05, 3.63) is 18.0 Å². The van der Waals surface area contributed by atoms with E-state index in [1.807, 2.05) is 18.1 Å². The second-order valence-corrected chi connectivity index (χ2v) is 4.72. The zero-order valence-electron chi connectivity index (χ0n) is 10.2. The van der Waals surface area contributed by atoms with Crippen LogP contribution < -0.4 is 0 Å². The van der Waals surface area contributed by atoms with Gasteiger partial charge in [0.1, 0.15) is 5.69 Å². The van der Waals surface area contributed by atoms with Gasteiger partial charge in [-0.1, -0.05) is 0 Å². The number of carbonyl (C=O) groups is 1. The van der Waals surface area contributed by atoms with E-state index in [2.05, 4.69) is 18.9 Å². The summed E-state index contributed by atoms with van der Waals surface area (Å²) in [6.07, 6.45) is 5.23. The summed E-state index contributed by atoms with van der Waals surface area (Å²) in [5.41, 5.74) is 0.558. The van der Waals surface area contributed by atoms with E-state index in [0.717, 1.165) is 12.8 Å². The third-order valence-electron chi connectivity index (χ3n) is 3.36. The van der Waals surface area contributed by atoms with Gasteiger partial charge in [-0.25, -0.2) is 0 Å². The predicted molar refractivity (Wildman–Crippen MR) is 62.2 cm³/mol. The topological polar surface area (TPSA) is 38.1 Å². The molecule has 4 heteroatoms. The number of hydrogen-bond acceptors (Lipinski definition) is 2. The van der Waals surface area contributed by atoms with E-state index in [0.29, 0.717) is 17.8 Å². The molecular formula is C12H19N3O. The number of aryl methyl sites for hydroxylation is 1. The normalized spacial score (nSPS) is 25.8. The molecule has 2 rings (SSSR count). The Balaban J connectivity index is 2.19. The highest BCUT2D eigenvalue weighted by Gasteiger charge is 2.30. The molecular weight excluding hydrogens is 202 g/mol. The van der Waals surface area contributed by atoms with Crippen molar-refractivity contribution < 1.29 is 4.79 Å². The van der Waals surface area contributed by atoms with Crippen LogP contribution in [-0.4, -0.2) is 32.7 Å². The molecule has 0 bridgehead atoms. The number of rotatable bonds is 1. The molecule has 2 heterocycles. The highest BCUT2D eigenvalue weighted by atomic mass is 16.2. The lowest BCUT2D eigenvalue weighted by atomic mass is 9.97. The maximum Gasteiger partial charge on any atom is 0.274 e. The molecule has 1 saturated heterocycles. The lowest BCUT2D eigenvalue weighted by molar-refractivity contribution is 0.0504. The van der Waals surface area contributed by atoms with Gasteiger partial charge in [-0.3, -0.25) is 9.48 Å². The molecule has 1 aliphatic rings. The van der Waals surface area contributed by atoms with Crippen LogP contribution in [0.4, 0.5) is 0 Å². The number of hydrogen-bond donors (Lipinski definition) is 0. The zero-order chi connectivity index (χ0) is 11.7. The molecule has 0 aliphatic carbocycles. The number of likely N-dealkylation sites (tertiary alicyclic amines) is 1. The van der Waals surface area contributed by atoms with Crippen LogP contribution in [0.2, 0.25) is 0 Å². The SMILES string of the molecule is CC1CCCC(C)N1C(=O)c1ccn(C)n1. The Morgan fingerprint density at radius 1 is 1.38 bits per heavy atom. The Morgan fingerprint density at radius 2 is 2.00 bits per heavy atom. The minimum atomic E-state index is 0.0697. The molecule has 1 amide bonds. The molecule has 0 saturated carbocycles. The Bertz CT molecular complexity index is 375. The Labute approximate surface area is 96.2 Å². The van der Waals surface area contributed by atoms with Gasteiger partial charge in [0.25, 0.3) is 5.91 Å². The van der Waals surface area contributed by atoms with E-state index < -0.39 is 0 Å². The van der Waals surface area contributed by atoms with Gasteiger partial charge in [0.2, 0.25) is 0 Å². The lowest BCUT2D eigenvalue weighted by Crippen LogP contribution is -2.47. The minimum absolute atomic E-state index is 0.0697. The van der Waals surface area contributed by atoms with E-state index in [-0.39, 0.29) is 5.91 Å². The van der Waals surface area contributed by atoms with E-state index in [1.165, 1.54) is 6.42 Å². The number of nitrogens with zero attached hydrogens (tertiary/aromatic N) is 3. The van der Waals surface area contributed by atoms with E-state index in [1.54, 1.807) is 10.7 Å². The van der Waals surface area contributed by atoms with Crippen molar-refractivity contribution in [2.75, 3.05) is 0 Å². The summed E-state index contributed by atoms with van der Waals surface area (Å²) in [6.45, 7) is 4.24. The van der Waals surface area contributed by atoms with Crippen molar-refractivity contribution in [2.45, 2.75) is 45.2 Å². The fourth-order valence-electron chi connectivity index (χ4n) is 2.48. The summed E-state index contributed by atoms with van der Waals surface area (Å²) >= 11 is 0. The first-order valence-electron chi connectivity index (χ1n) is 5.92. The van der Waals surface area contributed by atoms with Crippen molar-refractivity contribution in [1.29, 1.82) is 0 Å². The Hall–Kier alpha value is -1.32. The van der Waals surface area contributed by atoms with Crippen LogP contribution >= 0.6 is 0 Å². The smallest absolute Gasteiger partial charge is 0.274 e. The molecule has 0 spiro atoms. The van der Waals surface area contributed by atoms with Crippen LogP contribution in [-0.2, 0) is 7.05 Å². The average Bonchev–Trinajstić information content (AvgIpc) is 2.64. The van der Waals surface area contributed by atoms with E-state index >= 15 is 0 Å². The molecule has 1 aliphatic heterocycles. The average molecular weight is 221 g/mol. The summed E-state index contributed by atoms with van der Waals surface area (Å²) in [5, 5.41) is 4.18. The first-order valence-corrected chi connectivity index (χ1v) is 5.92. The molecule has 4 nitrogen and oxygen atoms in total. The van der Waals surface area contributed by atoms with Gasteiger partial charge in [-0.15, -0.1) is 0 Å². The van der Waals surface area contributed by atoms with E-state index in [4.69, 9.17) is 0 Å². The van der Waals surface area contributed by atoms with Crippen LogP contribution in [0, 0.1) is 0 Å². The lowest BCUT2D eigenvalue weighted by Gasteiger charge is -2.38. The minimum Gasteiger partial charge on any atom is -0.332 e. The van der Waals surface area contributed by atoms with Gasteiger partial charge < -0.3 is 4.90 Å². The van der Waals surface area contributed by atoms with Gasteiger partial charge >= 0.3 is 0 Å². The van der Waals surface area contributed by atoms with Gasteiger partial charge in [-0.2, -0.15) is 5.10 Å². The standard InChI is InChI=1S/C12H19N3O/c1-9-5-4-6-10(2)15(9)12(16)11-7-8-14(3)13-11/h7-10H,4-6H2,1-3H3. The van der Waals surface area contributed by atoms with Crippen LogP contribution in [0.15, 0.2) is 12.3 Å². The molecule has 0 radical (unpaired) electrons. The van der Waals surface area contributed by atoms with Gasteiger partial charge in [-0.05, 0) is 39.2 Å². The van der Waals surface area contributed by atoms with Crippen LogP contribution in [0.3, 0.4) is 0 Å². The van der Waals surface area contributed by atoms with Crippen molar-refractivity contribution in [3.63, 3.8) is 0 Å². The summed E-state index contributed by atoms with van der Waals surface area (Å²) in [4.78, 5) is 14.3. The molecule has 2 unspecified atom stereocenters. The van der Waals surface area contributed by atoms with E-state index in [9.17, 15) is 4.79 Å². The fraction of sp³-hybridized carbons (Fsp3) is 0.667. The van der Waals surface area contributed by atoms with Gasteiger partial charge in [0, 0.05) is 25.3 Å². The molecule has 0 aromatic carbocycles. The third kappa shape index (κ3) is 1.96. The van der Waals surface area contributed by atoms with Crippen LogP contribution in [0.5, 0.6) is 0 Å². The molecule has 1 aromatic heterocycles. The summed E-state index contributed by atoms with van der Waals surface area (Å²) < 4.78 is 1.67. The second-order valence-electron chi connectivity index (χ2n) is 4.72. The molecule has 1 fully saturated rings. The maximum atomic E-state index is 12.3. The first-order chi connectivity index (χ1) is 7.59. The highest BCUT2D eigenvalue weighted by Crippen LogP contribution is 2.23. The van der Waals surface area contributed by atoms with Crippen LogP contribution in [0.25, 0.3) is 0 Å². The van der Waals surface area contributed by atoms with Crippen molar-refractivity contribution >= 4 is 5.91 Å². The first kappa shape index (κ1) is 11.2. The van der Waals surface area contributed by atoms with Crippen molar-refractivity contribution in [2.24, 2.45) is 7.05 Å². The molecule has 2 atom stereocenters. The van der Waals surface area contributed by atoms with Crippen molar-refractivity contribution in [3.8, 4) is 0 Å². The summed E-state index contributed by atoms with van der Waals surface area (Å²) in [6, 6.07) is 2.45. The number of amides is 1. The second kappa shape index (κ2) is 4.28. The molecule has 0 N–H and O–H groups in total. The van der Waals surface area contributed by atoms with Crippen LogP contribution in [0.1, 0.15) is 43.6 Å². The Kier molecular flexibility index (Phi) is 2.99. The van der Waals surface area contributed by atoms with Crippen molar-refractivity contribution in [1.82, 2.24) is 14.7 Å². The summed E-state index contributed by atoms with van der Waals surface area (Å²) in [7, 11) is 1.83. The van der Waals surface area contributed by atoms with Gasteiger partial charge in [0.05, 0.1) is 0 Å². The predicted octanol–water partition coefficient (Wildman–Crippen LogP) is 1.82. The highest BCUT2D eigenvalue weighted by molar-refractivity contribution is 5.92. The fourth-order valence-corrected chi connectivity index (χ4v) is 2.48. The number of carbonyl (C=O) groups excluding carboxylic acids is 1. The molecule has 88 valence electrons. The van der Waals surface area contributed by atoms with Gasteiger partial charge in [0.15, 0.2) is 0 Å². The third-order valence-corrected chi connectivity index (χ3v) is 3.36. The maximum absolute atomic E-state index is 12.3. The largest absolute Gasteiger partial charge is 0.332 e. The Morgan fingerprint density at radius 3 is 2.50 bits per heavy atom. The monoisotopic (exact) mass is 221 g/mol. The molecule has 1 aromatic rings. The number of piperidine rings is 1. The quantitative estimate of drug-likeness (QED) is 0.725. The molecule has 16 heavy (non-hydrogen) atoms. The number of aromatic nitrogens is 2. The zero-order valence-corrected chi connectivity index (χ0v) is 10.2.